The second kappa shape index (κ2) is 12.1. The van der Waals surface area contributed by atoms with Crippen LogP contribution in [-0.4, -0.2) is 34.3 Å². The van der Waals surface area contributed by atoms with Gasteiger partial charge in [-0.25, -0.2) is 4.98 Å². The molecule has 0 radical (unpaired) electrons. The largest absolute Gasteiger partial charge is 2.00 e. The number of thioether (sulfide) groups is 1. The number of unbranched alkanes of at least 4 members (excludes halogenated alkanes) is 3. The third-order valence-corrected chi connectivity index (χ3v) is 4.83. The number of esters is 1. The summed E-state index contributed by atoms with van der Waals surface area (Å²) < 4.78 is 5.11. The third-order valence-electron chi connectivity index (χ3n) is 3.80. The SMILES string of the molecule is CCCCCCOC(=O)CC(CSc1nc2ccccc2[nH]1)C(=O)[O-].[Zn+2]. The predicted molar refractivity (Wildman–Crippen MR) is 95.0 cm³/mol. The van der Waals surface area contributed by atoms with Crippen LogP contribution >= 0.6 is 11.8 Å². The van der Waals surface area contributed by atoms with Crippen LogP contribution in [-0.2, 0) is 33.8 Å². The summed E-state index contributed by atoms with van der Waals surface area (Å²) in [5, 5.41) is 11.9. The van der Waals surface area contributed by atoms with Crippen molar-refractivity contribution in [3.05, 3.63) is 24.3 Å². The summed E-state index contributed by atoms with van der Waals surface area (Å²) in [6.07, 6.45) is 3.86. The van der Waals surface area contributed by atoms with Gasteiger partial charge in [0.05, 0.1) is 24.1 Å². The zero-order valence-corrected chi connectivity index (χ0v) is 18.8. The molecule has 1 N–H and O–H groups in total. The molecule has 136 valence electrons. The minimum Gasteiger partial charge on any atom is -0.550 e. The summed E-state index contributed by atoms with van der Waals surface area (Å²) in [5.74, 6) is -2.43. The van der Waals surface area contributed by atoms with E-state index in [1.165, 1.54) is 11.8 Å². The fourth-order valence-corrected chi connectivity index (χ4v) is 3.32. The average Bonchev–Trinajstić information content (AvgIpc) is 3.01. The number of imidazole rings is 1. The smallest absolute Gasteiger partial charge is 0.550 e. The Balaban J connectivity index is 0.00000338. The molecule has 8 heteroatoms. The van der Waals surface area contributed by atoms with Crippen LogP contribution in [0.5, 0.6) is 0 Å². The molecule has 2 aromatic rings. The molecule has 0 saturated heterocycles. The van der Waals surface area contributed by atoms with Gasteiger partial charge >= 0.3 is 25.4 Å². The molecule has 0 amide bonds. The Morgan fingerprint density at radius 2 is 2.04 bits per heavy atom. The number of carboxylic acids is 1. The maximum absolute atomic E-state index is 11.8. The Kier molecular flexibility index (Phi) is 10.5. The van der Waals surface area contributed by atoms with Crippen LogP contribution in [0.4, 0.5) is 0 Å². The molecule has 0 aliphatic rings. The van der Waals surface area contributed by atoms with Gasteiger partial charge in [0.25, 0.3) is 0 Å². The van der Waals surface area contributed by atoms with Crippen molar-refractivity contribution in [1.29, 1.82) is 0 Å². The number of carboxylic acid groups (broad SMARTS) is 1. The minimum absolute atomic E-state index is 0. The van der Waals surface area contributed by atoms with Crippen LogP contribution < -0.4 is 5.11 Å². The van der Waals surface area contributed by atoms with E-state index >= 15 is 0 Å². The first kappa shape index (κ1) is 22.6. The van der Waals surface area contributed by atoms with Crippen molar-refractivity contribution in [2.45, 2.75) is 44.2 Å². The monoisotopic (exact) mass is 427 g/mol. The first-order valence-electron chi connectivity index (χ1n) is 8.54. The van der Waals surface area contributed by atoms with Gasteiger partial charge in [0.15, 0.2) is 5.16 Å². The number of benzene rings is 1. The van der Waals surface area contributed by atoms with E-state index in [2.05, 4.69) is 16.9 Å². The van der Waals surface area contributed by atoms with Gasteiger partial charge in [-0.15, -0.1) is 0 Å². The molecule has 0 aliphatic heterocycles. The quantitative estimate of drug-likeness (QED) is 0.256. The fourth-order valence-electron chi connectivity index (χ4n) is 2.36. The van der Waals surface area contributed by atoms with Gasteiger partial charge in [-0.2, -0.15) is 0 Å². The standard InChI is InChI=1S/C18H24N2O4S.Zn/c1-2-3-4-7-10-24-16(21)11-13(17(22)23)12-25-18-19-14-8-5-6-9-15(14)20-18;/h5-6,8-9,13H,2-4,7,10-12H2,1H3,(H,19,20)(H,22,23);/q;+2/p-1. The van der Waals surface area contributed by atoms with E-state index in [1.54, 1.807) is 0 Å². The van der Waals surface area contributed by atoms with Gasteiger partial charge in [0, 0.05) is 17.6 Å². The molecule has 0 aliphatic carbocycles. The normalized spacial score (nSPS) is 11.7. The first-order valence-corrected chi connectivity index (χ1v) is 9.52. The molecule has 0 fully saturated rings. The number of H-pyrrole nitrogens is 1. The number of carbonyl (C=O) groups excluding carboxylic acids is 2. The third kappa shape index (κ3) is 7.46. The van der Waals surface area contributed by atoms with E-state index in [0.717, 1.165) is 36.7 Å². The van der Waals surface area contributed by atoms with Gasteiger partial charge < -0.3 is 19.6 Å². The van der Waals surface area contributed by atoms with Gasteiger partial charge in [0.2, 0.25) is 0 Å². The molecule has 0 spiro atoms. The number of aliphatic carboxylic acids is 1. The molecule has 1 aromatic heterocycles. The summed E-state index contributed by atoms with van der Waals surface area (Å²) in [7, 11) is 0. The number of aromatic nitrogens is 2. The molecule has 6 nitrogen and oxygen atoms in total. The maximum atomic E-state index is 11.8. The number of fused-ring (bicyclic) bond motifs is 1. The number of carbonyl (C=O) groups is 2. The summed E-state index contributed by atoms with van der Waals surface area (Å²) in [5.41, 5.74) is 1.71. The van der Waals surface area contributed by atoms with Crippen LogP contribution in [0.25, 0.3) is 11.0 Å². The van der Waals surface area contributed by atoms with E-state index in [9.17, 15) is 14.7 Å². The van der Waals surface area contributed by atoms with Gasteiger partial charge in [-0.05, 0) is 18.6 Å². The summed E-state index contributed by atoms with van der Waals surface area (Å²) in [4.78, 5) is 30.6. The second-order valence-corrected chi connectivity index (χ2v) is 6.88. The second-order valence-electron chi connectivity index (χ2n) is 5.87. The Bertz CT molecular complexity index is 674. The van der Waals surface area contributed by atoms with Crippen molar-refractivity contribution in [2.75, 3.05) is 12.4 Å². The van der Waals surface area contributed by atoms with Crippen molar-refractivity contribution >= 4 is 34.7 Å². The molecular weight excluding hydrogens is 406 g/mol. The van der Waals surface area contributed by atoms with E-state index in [0.29, 0.717) is 11.8 Å². The summed E-state index contributed by atoms with van der Waals surface area (Å²) in [6, 6.07) is 7.56. The number of para-hydroxylation sites is 2. The van der Waals surface area contributed by atoms with Crippen LogP contribution in [0.2, 0.25) is 0 Å². The zero-order valence-electron chi connectivity index (χ0n) is 15.0. The van der Waals surface area contributed by atoms with Crippen molar-refractivity contribution in [2.24, 2.45) is 5.92 Å². The predicted octanol–water partition coefficient (Wildman–Crippen LogP) is 2.53. The fraction of sp³-hybridized carbons (Fsp3) is 0.500. The number of nitrogens with zero attached hydrogens (tertiary/aromatic N) is 1. The Morgan fingerprint density at radius 1 is 1.27 bits per heavy atom. The number of aromatic amines is 1. The zero-order chi connectivity index (χ0) is 18.1. The van der Waals surface area contributed by atoms with Gasteiger partial charge in [-0.1, -0.05) is 50.1 Å². The first-order chi connectivity index (χ1) is 12.1. The van der Waals surface area contributed by atoms with E-state index in [1.807, 2.05) is 24.3 Å². The topological polar surface area (TPSA) is 95.1 Å². The molecule has 1 aromatic carbocycles. The van der Waals surface area contributed by atoms with Crippen LogP contribution in [0.1, 0.15) is 39.0 Å². The number of nitrogens with one attached hydrogen (secondary N) is 1. The van der Waals surface area contributed by atoms with Crippen molar-refractivity contribution < 1.29 is 38.9 Å². The summed E-state index contributed by atoms with van der Waals surface area (Å²) in [6.45, 7) is 2.45. The Hall–Kier alpha value is -1.40. The molecule has 26 heavy (non-hydrogen) atoms. The maximum Gasteiger partial charge on any atom is 2.00 e. The number of ether oxygens (including phenoxy) is 1. The molecular formula is C18H23N2O4SZn+. The van der Waals surface area contributed by atoms with Crippen molar-refractivity contribution in [3.8, 4) is 0 Å². The molecule has 0 bridgehead atoms. The van der Waals surface area contributed by atoms with Crippen LogP contribution in [0.3, 0.4) is 0 Å². The van der Waals surface area contributed by atoms with Crippen molar-refractivity contribution in [1.82, 2.24) is 9.97 Å². The Morgan fingerprint density at radius 3 is 2.73 bits per heavy atom. The van der Waals surface area contributed by atoms with Crippen LogP contribution in [0.15, 0.2) is 29.4 Å². The van der Waals surface area contributed by atoms with Crippen LogP contribution in [0, 0.1) is 5.92 Å². The molecule has 1 unspecified atom stereocenters. The van der Waals surface area contributed by atoms with E-state index in [4.69, 9.17) is 4.74 Å². The number of rotatable bonds is 11. The van der Waals surface area contributed by atoms with Gasteiger partial charge in [-0.3, -0.25) is 4.79 Å². The number of hydrogen-bond acceptors (Lipinski definition) is 6. The Labute approximate surface area is 170 Å². The minimum atomic E-state index is -1.24. The molecule has 0 saturated carbocycles. The number of hydrogen-bond donors (Lipinski definition) is 1. The van der Waals surface area contributed by atoms with E-state index in [-0.39, 0.29) is 31.7 Å². The van der Waals surface area contributed by atoms with Crippen molar-refractivity contribution in [3.63, 3.8) is 0 Å². The molecule has 1 heterocycles. The molecule has 2 rings (SSSR count). The average molecular weight is 429 g/mol. The molecule has 1 atom stereocenters. The summed E-state index contributed by atoms with van der Waals surface area (Å²) >= 11 is 1.26. The van der Waals surface area contributed by atoms with E-state index < -0.39 is 17.9 Å². The van der Waals surface area contributed by atoms with Gasteiger partial charge in [0.1, 0.15) is 0 Å².